The molecule has 2 N–H and O–H groups in total. The summed E-state index contributed by atoms with van der Waals surface area (Å²) >= 11 is 0. The number of nitrogens with one attached hydrogen (secondary N) is 1. The molecule has 0 aromatic heterocycles. The van der Waals surface area contributed by atoms with Gasteiger partial charge >= 0.3 is 0 Å². The summed E-state index contributed by atoms with van der Waals surface area (Å²) in [5.74, 6) is 0.723. The van der Waals surface area contributed by atoms with Crippen molar-refractivity contribution < 1.29 is 14.6 Å². The summed E-state index contributed by atoms with van der Waals surface area (Å²) < 4.78 is 5.65. The first-order chi connectivity index (χ1) is 16.4. The lowest BCUT2D eigenvalue weighted by Crippen LogP contribution is -2.27. The number of nitrogens with zero attached hydrogens (tertiary/aromatic N) is 1. The predicted molar refractivity (Wildman–Crippen MR) is 136 cm³/mol. The van der Waals surface area contributed by atoms with Gasteiger partial charge in [0, 0.05) is 6.42 Å². The highest BCUT2D eigenvalue weighted by molar-refractivity contribution is 6.08. The van der Waals surface area contributed by atoms with E-state index in [1.807, 2.05) is 91.9 Å². The fraction of sp³-hybridized carbons (Fsp3) is 0.241. The SMILES string of the molecule is Cc1cc(OCC(=O)N/N=C2\C=C(c3ccccc3)[C@@](O)(c3ccccc3)C2)ccc1C(C)C. The topological polar surface area (TPSA) is 70.9 Å². The molecule has 34 heavy (non-hydrogen) atoms. The van der Waals surface area contributed by atoms with Crippen LogP contribution >= 0.6 is 0 Å². The molecule has 0 bridgehead atoms. The lowest BCUT2D eigenvalue weighted by Gasteiger charge is -2.27. The number of carbonyl (C=O) groups is 1. The lowest BCUT2D eigenvalue weighted by molar-refractivity contribution is -0.123. The van der Waals surface area contributed by atoms with E-state index >= 15 is 0 Å². The number of amides is 1. The molecule has 5 nitrogen and oxygen atoms in total. The van der Waals surface area contributed by atoms with Crippen LogP contribution in [0, 0.1) is 6.92 Å². The van der Waals surface area contributed by atoms with Crippen LogP contribution in [0.15, 0.2) is 90.0 Å². The van der Waals surface area contributed by atoms with E-state index in [0.29, 0.717) is 17.4 Å². The zero-order chi connectivity index (χ0) is 24.1. The minimum atomic E-state index is -1.22. The van der Waals surface area contributed by atoms with E-state index in [4.69, 9.17) is 4.74 Å². The third-order valence-corrected chi connectivity index (χ3v) is 6.09. The third kappa shape index (κ3) is 5.10. The summed E-state index contributed by atoms with van der Waals surface area (Å²) in [6.45, 7) is 6.19. The Kier molecular flexibility index (Phi) is 6.94. The maximum atomic E-state index is 12.4. The molecule has 0 saturated carbocycles. The Hall–Kier alpha value is -3.70. The van der Waals surface area contributed by atoms with Gasteiger partial charge in [-0.1, -0.05) is 80.6 Å². The van der Waals surface area contributed by atoms with E-state index < -0.39 is 5.60 Å². The van der Waals surface area contributed by atoms with E-state index in [2.05, 4.69) is 24.4 Å². The van der Waals surface area contributed by atoms with Crippen molar-refractivity contribution in [3.63, 3.8) is 0 Å². The van der Waals surface area contributed by atoms with Crippen LogP contribution in [0.5, 0.6) is 5.75 Å². The van der Waals surface area contributed by atoms with Crippen LogP contribution in [-0.4, -0.2) is 23.3 Å². The third-order valence-electron chi connectivity index (χ3n) is 6.09. The van der Waals surface area contributed by atoms with E-state index in [1.165, 1.54) is 5.56 Å². The van der Waals surface area contributed by atoms with Gasteiger partial charge in [-0.25, -0.2) is 5.43 Å². The largest absolute Gasteiger partial charge is 0.484 e. The van der Waals surface area contributed by atoms with Crippen LogP contribution in [0.4, 0.5) is 0 Å². The molecule has 0 saturated heterocycles. The van der Waals surface area contributed by atoms with Crippen LogP contribution in [-0.2, 0) is 10.4 Å². The van der Waals surface area contributed by atoms with Crippen LogP contribution in [0.2, 0.25) is 0 Å². The number of aryl methyl sites for hydroxylation is 1. The number of hydrogen-bond acceptors (Lipinski definition) is 4. The molecule has 174 valence electrons. The van der Waals surface area contributed by atoms with Crippen molar-refractivity contribution in [2.45, 2.75) is 38.7 Å². The first-order valence-electron chi connectivity index (χ1n) is 11.5. The molecule has 0 heterocycles. The molecule has 1 amide bonds. The first kappa shape index (κ1) is 23.5. The van der Waals surface area contributed by atoms with Crippen molar-refractivity contribution in [3.8, 4) is 5.75 Å². The summed E-state index contributed by atoms with van der Waals surface area (Å²) in [7, 11) is 0. The monoisotopic (exact) mass is 454 g/mol. The Labute approximate surface area is 200 Å². The molecular weight excluding hydrogens is 424 g/mol. The highest BCUT2D eigenvalue weighted by Gasteiger charge is 2.40. The Morgan fingerprint density at radius 3 is 2.38 bits per heavy atom. The molecule has 4 rings (SSSR count). The van der Waals surface area contributed by atoms with Gasteiger partial charge in [0.25, 0.3) is 5.91 Å². The molecule has 3 aromatic carbocycles. The molecule has 0 spiro atoms. The molecule has 1 atom stereocenters. The molecule has 3 aromatic rings. The fourth-order valence-electron chi connectivity index (χ4n) is 4.38. The molecule has 0 aliphatic heterocycles. The Bertz CT molecular complexity index is 1220. The van der Waals surface area contributed by atoms with Crippen molar-refractivity contribution in [1.82, 2.24) is 5.43 Å². The summed E-state index contributed by atoms with van der Waals surface area (Å²) in [6.07, 6.45) is 2.11. The van der Waals surface area contributed by atoms with Crippen molar-refractivity contribution in [2.24, 2.45) is 5.10 Å². The van der Waals surface area contributed by atoms with E-state index in [9.17, 15) is 9.90 Å². The van der Waals surface area contributed by atoms with Gasteiger partial charge in [0.05, 0.1) is 5.71 Å². The van der Waals surface area contributed by atoms with Gasteiger partial charge < -0.3 is 9.84 Å². The van der Waals surface area contributed by atoms with Gasteiger partial charge in [-0.05, 0) is 58.9 Å². The number of allylic oxidation sites excluding steroid dienone is 1. The van der Waals surface area contributed by atoms with Gasteiger partial charge in [-0.3, -0.25) is 4.79 Å². The minimum Gasteiger partial charge on any atom is -0.484 e. The van der Waals surface area contributed by atoms with Crippen molar-refractivity contribution in [3.05, 3.63) is 107 Å². The number of hydrazone groups is 1. The fourth-order valence-corrected chi connectivity index (χ4v) is 4.38. The molecular formula is C29H30N2O3. The standard InChI is InChI=1S/C29H30N2O3/c1-20(2)26-15-14-25(16-21(26)3)34-19-28(32)31-30-24-17-27(22-10-6-4-7-11-22)29(33,18-24)23-12-8-5-9-13-23/h4-17,20,33H,18-19H2,1-3H3,(H,31,32)/b30-24+/t29-/m0/s1. The number of hydrogen-bond donors (Lipinski definition) is 2. The molecule has 5 heteroatoms. The second-order valence-corrected chi connectivity index (χ2v) is 8.93. The predicted octanol–water partition coefficient (Wildman–Crippen LogP) is 5.34. The van der Waals surface area contributed by atoms with Crippen molar-refractivity contribution >= 4 is 17.2 Å². The van der Waals surface area contributed by atoms with Crippen LogP contribution < -0.4 is 10.2 Å². The summed E-state index contributed by atoms with van der Waals surface area (Å²) in [5.41, 5.74) is 6.78. The van der Waals surface area contributed by atoms with Crippen molar-refractivity contribution in [1.29, 1.82) is 0 Å². The van der Waals surface area contributed by atoms with Crippen LogP contribution in [0.1, 0.15) is 48.4 Å². The van der Waals surface area contributed by atoms with Gasteiger partial charge in [-0.15, -0.1) is 0 Å². The average Bonchev–Trinajstić information content (AvgIpc) is 3.20. The number of benzene rings is 3. The number of rotatable bonds is 7. The van der Waals surface area contributed by atoms with E-state index in [-0.39, 0.29) is 18.9 Å². The molecule has 0 unspecified atom stereocenters. The Balaban J connectivity index is 1.47. The zero-order valence-electron chi connectivity index (χ0n) is 19.8. The van der Waals surface area contributed by atoms with Crippen LogP contribution in [0.25, 0.3) is 5.57 Å². The van der Waals surface area contributed by atoms with Gasteiger partial charge in [-0.2, -0.15) is 5.10 Å². The molecule has 0 fully saturated rings. The Morgan fingerprint density at radius 1 is 1.06 bits per heavy atom. The maximum Gasteiger partial charge on any atom is 0.277 e. The molecule has 1 aliphatic carbocycles. The highest BCUT2D eigenvalue weighted by atomic mass is 16.5. The summed E-state index contributed by atoms with van der Waals surface area (Å²) in [5, 5.41) is 16.0. The van der Waals surface area contributed by atoms with Crippen LogP contribution in [0.3, 0.4) is 0 Å². The number of aliphatic hydroxyl groups is 1. The van der Waals surface area contributed by atoms with E-state index in [0.717, 1.165) is 22.3 Å². The number of carbonyl (C=O) groups excluding carboxylic acids is 1. The van der Waals surface area contributed by atoms with Crippen molar-refractivity contribution in [2.75, 3.05) is 6.61 Å². The zero-order valence-corrected chi connectivity index (χ0v) is 19.8. The normalized spacial score (nSPS) is 18.7. The van der Waals surface area contributed by atoms with Gasteiger partial charge in [0.1, 0.15) is 11.4 Å². The maximum absolute atomic E-state index is 12.4. The lowest BCUT2D eigenvalue weighted by atomic mass is 9.84. The smallest absolute Gasteiger partial charge is 0.277 e. The highest BCUT2D eigenvalue weighted by Crippen LogP contribution is 2.43. The molecule has 1 aliphatic rings. The average molecular weight is 455 g/mol. The van der Waals surface area contributed by atoms with Gasteiger partial charge in [0.2, 0.25) is 0 Å². The summed E-state index contributed by atoms with van der Waals surface area (Å²) in [6, 6.07) is 25.1. The summed E-state index contributed by atoms with van der Waals surface area (Å²) in [4.78, 5) is 12.4. The minimum absolute atomic E-state index is 0.143. The first-order valence-corrected chi connectivity index (χ1v) is 11.5. The molecule has 0 radical (unpaired) electrons. The number of ether oxygens (including phenoxy) is 1. The quantitative estimate of drug-likeness (QED) is 0.473. The second kappa shape index (κ2) is 10.1. The Morgan fingerprint density at radius 2 is 1.74 bits per heavy atom. The van der Waals surface area contributed by atoms with Gasteiger partial charge in [0.15, 0.2) is 6.61 Å². The van der Waals surface area contributed by atoms with E-state index in [1.54, 1.807) is 0 Å². The second-order valence-electron chi connectivity index (χ2n) is 8.93.